The highest BCUT2D eigenvalue weighted by atomic mass is 14.8. The highest BCUT2D eigenvalue weighted by molar-refractivity contribution is 5.29. The smallest absolute Gasteiger partial charge is 0.000822 e. The summed E-state index contributed by atoms with van der Waals surface area (Å²) >= 11 is 0. The minimum absolute atomic E-state index is 1.05. The Morgan fingerprint density at radius 2 is 0.905 bits per heavy atom. The minimum atomic E-state index is 1.05. The molecule has 2 aromatic carbocycles. The van der Waals surface area contributed by atoms with Crippen molar-refractivity contribution in [1.82, 2.24) is 5.32 Å². The molecule has 2 aromatic rings. The molecule has 0 heterocycles. The van der Waals surface area contributed by atoms with Gasteiger partial charge in [0.05, 0.1) is 0 Å². The van der Waals surface area contributed by atoms with Crippen LogP contribution in [0.2, 0.25) is 0 Å². The van der Waals surface area contributed by atoms with Gasteiger partial charge in [-0.05, 0) is 64.8 Å². The third-order valence-corrected chi connectivity index (χ3v) is 3.74. The lowest BCUT2D eigenvalue weighted by atomic mass is 10.0. The molecule has 0 bridgehead atoms. The monoisotopic (exact) mass is 281 g/mol. The molecular formula is C20H27N. The Labute approximate surface area is 129 Å². The summed E-state index contributed by atoms with van der Waals surface area (Å²) in [4.78, 5) is 0. The van der Waals surface area contributed by atoms with Gasteiger partial charge in [-0.1, -0.05) is 58.7 Å². The van der Waals surface area contributed by atoms with Gasteiger partial charge in [-0.25, -0.2) is 0 Å². The first-order valence-electron chi connectivity index (χ1n) is 7.88. The largest absolute Gasteiger partial charge is 0.316 e. The van der Waals surface area contributed by atoms with Crippen molar-refractivity contribution in [3.63, 3.8) is 0 Å². The van der Waals surface area contributed by atoms with Crippen molar-refractivity contribution < 1.29 is 0 Å². The summed E-state index contributed by atoms with van der Waals surface area (Å²) < 4.78 is 0. The Morgan fingerprint density at radius 1 is 0.571 bits per heavy atom. The van der Waals surface area contributed by atoms with Crippen LogP contribution in [0.3, 0.4) is 0 Å². The van der Waals surface area contributed by atoms with Gasteiger partial charge < -0.3 is 5.32 Å². The van der Waals surface area contributed by atoms with E-state index in [1.165, 1.54) is 33.4 Å². The van der Waals surface area contributed by atoms with Crippen molar-refractivity contribution in [2.75, 3.05) is 13.1 Å². The second kappa shape index (κ2) is 7.42. The second-order valence-electron chi connectivity index (χ2n) is 6.24. The zero-order valence-electron chi connectivity index (χ0n) is 13.8. The topological polar surface area (TPSA) is 12.0 Å². The van der Waals surface area contributed by atoms with Gasteiger partial charge in [0.1, 0.15) is 0 Å². The number of benzene rings is 2. The molecular weight excluding hydrogens is 254 g/mol. The zero-order valence-corrected chi connectivity index (χ0v) is 13.8. The highest BCUT2D eigenvalue weighted by Crippen LogP contribution is 2.10. The van der Waals surface area contributed by atoms with Crippen LogP contribution in [0.4, 0.5) is 0 Å². The second-order valence-corrected chi connectivity index (χ2v) is 6.24. The van der Waals surface area contributed by atoms with E-state index < -0.39 is 0 Å². The molecule has 0 aliphatic heterocycles. The summed E-state index contributed by atoms with van der Waals surface area (Å²) in [6, 6.07) is 13.6. The Bertz CT molecular complexity index is 505. The standard InChI is InChI=1S/C20H27N/c1-15-9-16(2)12-19(11-15)5-7-21-8-6-20-13-17(3)10-18(4)14-20/h9-14,21H,5-8H2,1-4H3. The predicted octanol–water partition coefficient (Wildman–Crippen LogP) is 4.30. The molecule has 0 aromatic heterocycles. The average molecular weight is 281 g/mol. The molecule has 112 valence electrons. The molecule has 0 fully saturated rings. The molecule has 1 N–H and O–H groups in total. The van der Waals surface area contributed by atoms with Crippen LogP contribution in [0, 0.1) is 27.7 Å². The Balaban J connectivity index is 1.74. The Morgan fingerprint density at radius 3 is 1.24 bits per heavy atom. The van der Waals surface area contributed by atoms with E-state index in [1.807, 2.05) is 0 Å². The number of hydrogen-bond donors (Lipinski definition) is 1. The quantitative estimate of drug-likeness (QED) is 0.779. The fourth-order valence-corrected chi connectivity index (χ4v) is 3.02. The summed E-state index contributed by atoms with van der Waals surface area (Å²) in [7, 11) is 0. The highest BCUT2D eigenvalue weighted by Gasteiger charge is 1.98. The number of aryl methyl sites for hydroxylation is 4. The van der Waals surface area contributed by atoms with E-state index in [0.29, 0.717) is 0 Å². The molecule has 0 spiro atoms. The lowest BCUT2D eigenvalue weighted by molar-refractivity contribution is 0.681. The van der Waals surface area contributed by atoms with Gasteiger partial charge in [0, 0.05) is 0 Å². The van der Waals surface area contributed by atoms with Gasteiger partial charge in [0.15, 0.2) is 0 Å². The fourth-order valence-electron chi connectivity index (χ4n) is 3.02. The molecule has 2 rings (SSSR count). The lowest BCUT2D eigenvalue weighted by Gasteiger charge is -2.08. The van der Waals surface area contributed by atoms with Crippen LogP contribution >= 0.6 is 0 Å². The van der Waals surface area contributed by atoms with Gasteiger partial charge in [0.25, 0.3) is 0 Å². The molecule has 0 aliphatic carbocycles. The van der Waals surface area contributed by atoms with E-state index in [9.17, 15) is 0 Å². The molecule has 0 aliphatic rings. The van der Waals surface area contributed by atoms with Crippen LogP contribution < -0.4 is 5.32 Å². The molecule has 0 amide bonds. The summed E-state index contributed by atoms with van der Waals surface area (Å²) in [6.07, 6.45) is 2.21. The van der Waals surface area contributed by atoms with E-state index in [2.05, 4.69) is 69.4 Å². The Kier molecular flexibility index (Phi) is 5.58. The molecule has 1 nitrogen and oxygen atoms in total. The van der Waals surface area contributed by atoms with Crippen LogP contribution in [0.25, 0.3) is 0 Å². The average Bonchev–Trinajstić information content (AvgIpc) is 2.36. The van der Waals surface area contributed by atoms with E-state index in [-0.39, 0.29) is 0 Å². The van der Waals surface area contributed by atoms with Gasteiger partial charge in [-0.2, -0.15) is 0 Å². The van der Waals surface area contributed by atoms with E-state index in [1.54, 1.807) is 0 Å². The molecule has 1 heteroatoms. The van der Waals surface area contributed by atoms with Crippen LogP contribution in [0.5, 0.6) is 0 Å². The molecule has 0 atom stereocenters. The van der Waals surface area contributed by atoms with Crippen molar-refractivity contribution in [2.24, 2.45) is 0 Å². The maximum atomic E-state index is 3.56. The Hall–Kier alpha value is -1.60. The summed E-state index contributed by atoms with van der Waals surface area (Å²) in [5.41, 5.74) is 8.32. The summed E-state index contributed by atoms with van der Waals surface area (Å²) in [5, 5.41) is 3.56. The maximum absolute atomic E-state index is 3.56. The van der Waals surface area contributed by atoms with Crippen molar-refractivity contribution in [3.05, 3.63) is 69.8 Å². The zero-order chi connectivity index (χ0) is 15.2. The van der Waals surface area contributed by atoms with Crippen LogP contribution in [-0.4, -0.2) is 13.1 Å². The van der Waals surface area contributed by atoms with Crippen molar-refractivity contribution in [3.8, 4) is 0 Å². The van der Waals surface area contributed by atoms with Crippen LogP contribution in [-0.2, 0) is 12.8 Å². The first-order valence-corrected chi connectivity index (χ1v) is 7.88. The number of hydrogen-bond acceptors (Lipinski definition) is 1. The van der Waals surface area contributed by atoms with Crippen molar-refractivity contribution in [2.45, 2.75) is 40.5 Å². The van der Waals surface area contributed by atoms with Crippen molar-refractivity contribution >= 4 is 0 Å². The lowest BCUT2D eigenvalue weighted by Crippen LogP contribution is -2.20. The molecule has 0 radical (unpaired) electrons. The van der Waals surface area contributed by atoms with E-state index in [0.717, 1.165) is 25.9 Å². The molecule has 0 unspecified atom stereocenters. The van der Waals surface area contributed by atoms with Gasteiger partial charge >= 0.3 is 0 Å². The maximum Gasteiger partial charge on any atom is -0.000822 e. The van der Waals surface area contributed by atoms with E-state index >= 15 is 0 Å². The van der Waals surface area contributed by atoms with Gasteiger partial charge in [-0.3, -0.25) is 0 Å². The normalized spacial score (nSPS) is 10.9. The summed E-state index contributed by atoms with van der Waals surface area (Å²) in [5.74, 6) is 0. The third kappa shape index (κ3) is 5.35. The predicted molar refractivity (Wildman–Crippen MR) is 92.1 cm³/mol. The first kappa shape index (κ1) is 15.8. The van der Waals surface area contributed by atoms with Gasteiger partial charge in [0.2, 0.25) is 0 Å². The molecule has 0 saturated heterocycles. The van der Waals surface area contributed by atoms with Crippen LogP contribution in [0.15, 0.2) is 36.4 Å². The number of rotatable bonds is 6. The number of nitrogens with one attached hydrogen (secondary N) is 1. The summed E-state index contributed by atoms with van der Waals surface area (Å²) in [6.45, 7) is 10.8. The first-order chi connectivity index (χ1) is 10.0. The third-order valence-electron chi connectivity index (χ3n) is 3.74. The fraction of sp³-hybridized carbons (Fsp3) is 0.400. The molecule has 21 heavy (non-hydrogen) atoms. The minimum Gasteiger partial charge on any atom is -0.316 e. The van der Waals surface area contributed by atoms with Gasteiger partial charge in [-0.15, -0.1) is 0 Å². The van der Waals surface area contributed by atoms with E-state index in [4.69, 9.17) is 0 Å². The SMILES string of the molecule is Cc1cc(C)cc(CCNCCc2cc(C)cc(C)c2)c1. The van der Waals surface area contributed by atoms with Crippen molar-refractivity contribution in [1.29, 1.82) is 0 Å². The molecule has 0 saturated carbocycles. The van der Waals surface area contributed by atoms with Crippen LogP contribution in [0.1, 0.15) is 33.4 Å².